The van der Waals surface area contributed by atoms with E-state index in [4.69, 9.17) is 5.11 Å². The average molecular weight is 196 g/mol. The lowest BCUT2D eigenvalue weighted by atomic mass is 10.1. The predicted molar refractivity (Wildman–Crippen MR) is 54.2 cm³/mol. The van der Waals surface area contributed by atoms with E-state index >= 15 is 0 Å². The van der Waals surface area contributed by atoms with Crippen molar-refractivity contribution in [3.63, 3.8) is 0 Å². The molecule has 0 aliphatic carbocycles. The van der Waals surface area contributed by atoms with Crippen LogP contribution in [0.4, 0.5) is 0 Å². The third kappa shape index (κ3) is 2.28. The van der Waals surface area contributed by atoms with Crippen molar-refractivity contribution in [2.75, 3.05) is 6.67 Å². The van der Waals surface area contributed by atoms with Crippen LogP contribution in [0.5, 0.6) is 0 Å². The summed E-state index contributed by atoms with van der Waals surface area (Å²) in [6.07, 6.45) is 6.86. The topological polar surface area (TPSA) is 43.8 Å². The van der Waals surface area contributed by atoms with Crippen LogP contribution in [0.1, 0.15) is 19.8 Å². The highest BCUT2D eigenvalue weighted by molar-refractivity contribution is 5.73. The first kappa shape index (κ1) is 10.6. The van der Waals surface area contributed by atoms with Crippen LogP contribution in [0.25, 0.3) is 0 Å². The Bertz CT molecular complexity index is 251. The molecule has 1 aliphatic rings. The quantitative estimate of drug-likeness (QED) is 0.722. The van der Waals surface area contributed by atoms with E-state index in [-0.39, 0.29) is 0 Å². The minimum absolute atomic E-state index is 0.416. The molecular weight excluding hydrogens is 180 g/mol. The second kappa shape index (κ2) is 4.69. The molecule has 0 spiro atoms. The summed E-state index contributed by atoms with van der Waals surface area (Å²) in [4.78, 5) is 14.6. The molecule has 0 saturated heterocycles. The molecule has 1 N–H and O–H groups in total. The van der Waals surface area contributed by atoms with E-state index in [2.05, 4.69) is 6.58 Å². The summed E-state index contributed by atoms with van der Waals surface area (Å²) in [6.45, 7) is 6.20. The third-order valence-electron chi connectivity index (χ3n) is 2.26. The van der Waals surface area contributed by atoms with Crippen LogP contribution in [0.3, 0.4) is 0 Å². The lowest BCUT2D eigenvalue weighted by Crippen LogP contribution is -2.38. The first-order valence-corrected chi connectivity index (χ1v) is 4.74. The first-order valence-electron chi connectivity index (χ1n) is 4.74. The second-order valence-electron chi connectivity index (χ2n) is 3.29. The highest BCUT2D eigenvalue weighted by Gasteiger charge is 2.25. The van der Waals surface area contributed by atoms with Gasteiger partial charge in [-0.15, -0.1) is 0 Å². The summed E-state index contributed by atoms with van der Waals surface area (Å²) in [6, 6.07) is -0.416. The van der Waals surface area contributed by atoms with Crippen LogP contribution in [0, 0.1) is 0 Å². The minimum atomic E-state index is -0.762. The van der Waals surface area contributed by atoms with E-state index in [0.29, 0.717) is 13.1 Å². The Hall–Kier alpha value is -1.45. The van der Waals surface area contributed by atoms with E-state index in [1.165, 1.54) is 0 Å². The fraction of sp³-hybridized carbons (Fsp3) is 0.500. The Morgan fingerprint density at radius 3 is 2.86 bits per heavy atom. The number of nitrogens with zero attached hydrogens (tertiary/aromatic N) is 2. The molecule has 0 bridgehead atoms. The highest BCUT2D eigenvalue weighted by atomic mass is 16.4. The molecule has 0 aromatic heterocycles. The van der Waals surface area contributed by atoms with Gasteiger partial charge in [-0.25, -0.2) is 4.79 Å². The maximum Gasteiger partial charge on any atom is 0.326 e. The molecular formula is C10H16N2O2. The van der Waals surface area contributed by atoms with Crippen LogP contribution in [0.2, 0.25) is 0 Å². The van der Waals surface area contributed by atoms with Crippen molar-refractivity contribution >= 4 is 5.97 Å². The molecule has 78 valence electrons. The zero-order valence-electron chi connectivity index (χ0n) is 8.39. The van der Waals surface area contributed by atoms with Crippen molar-refractivity contribution in [2.45, 2.75) is 25.8 Å². The Labute approximate surface area is 84.1 Å². The standard InChI is InChI=1S/C10H16N2O2/c1-3-5-9(10(13)14)12-7-6-11(4-2)8-12/h4,6-7,9H,2-3,5,8H2,1H3,(H,13,14). The number of hydrogen-bond acceptors (Lipinski definition) is 3. The van der Waals surface area contributed by atoms with Gasteiger partial charge in [-0.1, -0.05) is 19.9 Å². The van der Waals surface area contributed by atoms with Crippen molar-refractivity contribution in [1.29, 1.82) is 0 Å². The molecule has 14 heavy (non-hydrogen) atoms. The lowest BCUT2D eigenvalue weighted by molar-refractivity contribution is -0.142. The molecule has 0 fully saturated rings. The Balaban J connectivity index is 2.58. The number of carbonyl (C=O) groups is 1. The lowest BCUT2D eigenvalue weighted by Gasteiger charge is -2.25. The minimum Gasteiger partial charge on any atom is -0.480 e. The van der Waals surface area contributed by atoms with Gasteiger partial charge in [-0.05, 0) is 12.6 Å². The van der Waals surface area contributed by atoms with Crippen LogP contribution in [0.15, 0.2) is 25.2 Å². The summed E-state index contributed by atoms with van der Waals surface area (Å²) in [5, 5.41) is 9.00. The Kier molecular flexibility index (Phi) is 3.56. The maximum atomic E-state index is 11.0. The van der Waals surface area contributed by atoms with E-state index in [1.54, 1.807) is 12.4 Å². The maximum absolute atomic E-state index is 11.0. The van der Waals surface area contributed by atoms with Crippen molar-refractivity contribution in [3.05, 3.63) is 25.2 Å². The Morgan fingerprint density at radius 1 is 1.71 bits per heavy atom. The zero-order chi connectivity index (χ0) is 10.6. The SMILES string of the molecule is C=CN1C=CN(C(CCC)C(=O)O)C1. The molecule has 4 nitrogen and oxygen atoms in total. The molecule has 1 unspecified atom stereocenters. The van der Waals surface area contributed by atoms with Gasteiger partial charge in [-0.2, -0.15) is 0 Å². The number of hydrogen-bond donors (Lipinski definition) is 1. The van der Waals surface area contributed by atoms with Gasteiger partial charge in [0.25, 0.3) is 0 Å². The smallest absolute Gasteiger partial charge is 0.326 e. The first-order chi connectivity index (χ1) is 6.69. The number of carboxylic acid groups (broad SMARTS) is 1. The molecule has 0 aromatic carbocycles. The number of aliphatic carboxylic acids is 1. The fourth-order valence-electron chi connectivity index (χ4n) is 1.48. The van der Waals surface area contributed by atoms with Crippen LogP contribution >= 0.6 is 0 Å². The highest BCUT2D eigenvalue weighted by Crippen LogP contribution is 2.14. The molecule has 0 saturated carbocycles. The van der Waals surface area contributed by atoms with Crippen LogP contribution < -0.4 is 0 Å². The van der Waals surface area contributed by atoms with Gasteiger partial charge in [0, 0.05) is 12.4 Å². The molecule has 4 heteroatoms. The second-order valence-corrected chi connectivity index (χ2v) is 3.29. The van der Waals surface area contributed by atoms with Crippen molar-refractivity contribution < 1.29 is 9.90 Å². The van der Waals surface area contributed by atoms with Gasteiger partial charge in [0.1, 0.15) is 6.04 Å². The van der Waals surface area contributed by atoms with Gasteiger partial charge < -0.3 is 14.9 Å². The van der Waals surface area contributed by atoms with E-state index in [9.17, 15) is 4.79 Å². The number of carboxylic acids is 1. The monoisotopic (exact) mass is 196 g/mol. The summed E-state index contributed by atoms with van der Waals surface area (Å²) in [5.74, 6) is -0.762. The summed E-state index contributed by atoms with van der Waals surface area (Å²) < 4.78 is 0. The zero-order valence-corrected chi connectivity index (χ0v) is 8.39. The van der Waals surface area contributed by atoms with Crippen LogP contribution in [-0.4, -0.2) is 33.6 Å². The molecule has 1 heterocycles. The fourth-order valence-corrected chi connectivity index (χ4v) is 1.48. The van der Waals surface area contributed by atoms with Gasteiger partial charge in [0.15, 0.2) is 0 Å². The van der Waals surface area contributed by atoms with Gasteiger partial charge in [0.2, 0.25) is 0 Å². The summed E-state index contributed by atoms with van der Waals surface area (Å²) in [5.41, 5.74) is 0. The molecule has 0 aromatic rings. The normalized spacial score (nSPS) is 17.2. The van der Waals surface area contributed by atoms with E-state index < -0.39 is 12.0 Å². The average Bonchev–Trinajstić information content (AvgIpc) is 2.61. The third-order valence-corrected chi connectivity index (χ3v) is 2.26. The van der Waals surface area contributed by atoms with Gasteiger partial charge in [0.05, 0.1) is 6.67 Å². The Morgan fingerprint density at radius 2 is 2.43 bits per heavy atom. The van der Waals surface area contributed by atoms with E-state index in [0.717, 1.165) is 6.42 Å². The van der Waals surface area contributed by atoms with Gasteiger partial charge >= 0.3 is 5.97 Å². The van der Waals surface area contributed by atoms with Crippen molar-refractivity contribution in [1.82, 2.24) is 9.80 Å². The molecule has 1 aliphatic heterocycles. The van der Waals surface area contributed by atoms with Crippen LogP contribution in [-0.2, 0) is 4.79 Å². The van der Waals surface area contributed by atoms with E-state index in [1.807, 2.05) is 22.9 Å². The molecule has 1 rings (SSSR count). The largest absolute Gasteiger partial charge is 0.480 e. The molecule has 0 radical (unpaired) electrons. The number of rotatable bonds is 5. The van der Waals surface area contributed by atoms with Crippen molar-refractivity contribution in [3.8, 4) is 0 Å². The predicted octanol–water partition coefficient (Wildman–Crippen LogP) is 1.43. The van der Waals surface area contributed by atoms with Gasteiger partial charge in [-0.3, -0.25) is 0 Å². The molecule has 0 amide bonds. The molecule has 1 atom stereocenters. The summed E-state index contributed by atoms with van der Waals surface area (Å²) in [7, 11) is 0. The van der Waals surface area contributed by atoms with Crippen molar-refractivity contribution in [2.24, 2.45) is 0 Å². The summed E-state index contributed by atoms with van der Waals surface area (Å²) >= 11 is 0.